The SMILES string of the molecule is CCN1/C(=C2/SC(=N[C@@H](C)c3ccccc3)N(c3ccc(F)cc3)C2=O)Sc2ccccc21. The number of fused-ring (bicyclic) bond motifs is 1. The molecule has 0 spiro atoms. The third-order valence-corrected chi connectivity index (χ3v) is 7.93. The molecule has 0 radical (unpaired) electrons. The minimum atomic E-state index is -0.341. The molecule has 33 heavy (non-hydrogen) atoms. The molecule has 1 saturated heterocycles. The van der Waals surface area contributed by atoms with Crippen LogP contribution in [0.3, 0.4) is 0 Å². The van der Waals surface area contributed by atoms with Crippen molar-refractivity contribution in [1.82, 2.24) is 0 Å². The van der Waals surface area contributed by atoms with E-state index < -0.39 is 0 Å². The van der Waals surface area contributed by atoms with Crippen LogP contribution in [0.2, 0.25) is 0 Å². The van der Waals surface area contributed by atoms with E-state index in [2.05, 4.69) is 24.0 Å². The molecule has 2 heterocycles. The second-order valence-electron chi connectivity index (χ2n) is 7.67. The van der Waals surface area contributed by atoms with Gasteiger partial charge in [0.25, 0.3) is 5.91 Å². The number of carbonyl (C=O) groups is 1. The monoisotopic (exact) mass is 475 g/mol. The first-order valence-corrected chi connectivity index (χ1v) is 12.4. The van der Waals surface area contributed by atoms with E-state index >= 15 is 0 Å². The number of hydrogen-bond acceptors (Lipinski definition) is 5. The summed E-state index contributed by atoms with van der Waals surface area (Å²) >= 11 is 2.99. The fourth-order valence-corrected chi connectivity index (χ4v) is 6.35. The standard InChI is InChI=1S/C26H22FN3OS2/c1-3-29-21-11-7-8-12-22(21)32-25(29)23-24(31)30(20-15-13-19(27)14-16-20)26(33-23)28-17(2)18-9-5-4-6-10-18/h4-17H,3H2,1-2H3/b25-23-,28-26?/t17-/m0/s1. The Morgan fingerprint density at radius 2 is 1.64 bits per heavy atom. The maximum Gasteiger partial charge on any atom is 0.274 e. The number of rotatable bonds is 4. The van der Waals surface area contributed by atoms with Crippen molar-refractivity contribution in [3.63, 3.8) is 0 Å². The summed E-state index contributed by atoms with van der Waals surface area (Å²) in [6.07, 6.45) is 0. The van der Waals surface area contributed by atoms with Crippen LogP contribution in [0.1, 0.15) is 25.5 Å². The normalized spacial score (nSPS) is 20.0. The molecule has 3 aromatic rings. The first-order valence-electron chi connectivity index (χ1n) is 10.8. The van der Waals surface area contributed by atoms with Crippen LogP contribution in [-0.4, -0.2) is 17.6 Å². The molecule has 4 nitrogen and oxygen atoms in total. The molecule has 0 aliphatic carbocycles. The third-order valence-electron chi connectivity index (χ3n) is 5.57. The number of thioether (sulfide) groups is 2. The first kappa shape index (κ1) is 21.8. The van der Waals surface area contributed by atoms with E-state index in [-0.39, 0.29) is 17.8 Å². The van der Waals surface area contributed by atoms with Gasteiger partial charge in [-0.1, -0.05) is 54.2 Å². The lowest BCUT2D eigenvalue weighted by Crippen LogP contribution is -2.30. The highest BCUT2D eigenvalue weighted by molar-refractivity contribution is 8.20. The average molecular weight is 476 g/mol. The molecule has 7 heteroatoms. The molecule has 0 N–H and O–H groups in total. The van der Waals surface area contributed by atoms with Gasteiger partial charge in [-0.3, -0.25) is 14.7 Å². The highest BCUT2D eigenvalue weighted by atomic mass is 32.2. The number of para-hydroxylation sites is 1. The Kier molecular flexibility index (Phi) is 6.00. The molecule has 1 amide bonds. The summed E-state index contributed by atoms with van der Waals surface area (Å²) in [7, 11) is 0. The second kappa shape index (κ2) is 9.08. The number of amidine groups is 1. The van der Waals surface area contributed by atoms with E-state index in [0.29, 0.717) is 15.8 Å². The number of anilines is 2. The zero-order valence-corrected chi connectivity index (χ0v) is 19.9. The van der Waals surface area contributed by atoms with Gasteiger partial charge in [0.1, 0.15) is 15.8 Å². The lowest BCUT2D eigenvalue weighted by molar-refractivity contribution is -0.113. The summed E-state index contributed by atoms with van der Waals surface area (Å²) in [6.45, 7) is 4.84. The van der Waals surface area contributed by atoms with Crippen LogP contribution in [0.4, 0.5) is 15.8 Å². The number of benzene rings is 3. The van der Waals surface area contributed by atoms with Crippen LogP contribution in [0.25, 0.3) is 0 Å². The predicted octanol–water partition coefficient (Wildman–Crippen LogP) is 6.82. The summed E-state index contributed by atoms with van der Waals surface area (Å²) < 4.78 is 13.6. The number of amides is 1. The van der Waals surface area contributed by atoms with Gasteiger partial charge in [-0.15, -0.1) is 0 Å². The lowest BCUT2D eigenvalue weighted by Gasteiger charge is -2.19. The Morgan fingerprint density at radius 1 is 0.939 bits per heavy atom. The zero-order chi connectivity index (χ0) is 22.9. The van der Waals surface area contributed by atoms with Crippen molar-refractivity contribution in [2.24, 2.45) is 4.99 Å². The van der Waals surface area contributed by atoms with Gasteiger partial charge in [0.2, 0.25) is 0 Å². The van der Waals surface area contributed by atoms with E-state index in [4.69, 9.17) is 4.99 Å². The van der Waals surface area contributed by atoms with E-state index in [0.717, 1.165) is 27.7 Å². The van der Waals surface area contributed by atoms with Gasteiger partial charge < -0.3 is 4.90 Å². The minimum absolute atomic E-state index is 0.135. The molecule has 5 rings (SSSR count). The summed E-state index contributed by atoms with van der Waals surface area (Å²) in [6, 6.07) is 24.0. The predicted molar refractivity (Wildman–Crippen MR) is 136 cm³/mol. The number of hydrogen-bond donors (Lipinski definition) is 0. The van der Waals surface area contributed by atoms with Gasteiger partial charge in [-0.2, -0.15) is 0 Å². The fourth-order valence-electron chi connectivity index (χ4n) is 3.90. The highest BCUT2D eigenvalue weighted by Gasteiger charge is 2.40. The van der Waals surface area contributed by atoms with E-state index in [9.17, 15) is 9.18 Å². The largest absolute Gasteiger partial charge is 0.334 e. The topological polar surface area (TPSA) is 35.9 Å². The Labute approximate surface area is 201 Å². The van der Waals surface area contributed by atoms with Crippen molar-refractivity contribution in [2.45, 2.75) is 24.8 Å². The van der Waals surface area contributed by atoms with Gasteiger partial charge in [-0.25, -0.2) is 4.39 Å². The van der Waals surface area contributed by atoms with Crippen molar-refractivity contribution < 1.29 is 9.18 Å². The Balaban J connectivity index is 1.60. The van der Waals surface area contributed by atoms with Crippen molar-refractivity contribution in [3.8, 4) is 0 Å². The Bertz CT molecular complexity index is 1260. The van der Waals surface area contributed by atoms with Crippen molar-refractivity contribution in [1.29, 1.82) is 0 Å². The number of nitrogens with zero attached hydrogens (tertiary/aromatic N) is 3. The summed E-state index contributed by atoms with van der Waals surface area (Å²) in [5, 5.41) is 1.51. The van der Waals surface area contributed by atoms with Crippen molar-refractivity contribution in [3.05, 3.63) is 100 Å². The van der Waals surface area contributed by atoms with Crippen molar-refractivity contribution >= 4 is 46.0 Å². The third kappa shape index (κ3) is 4.07. The molecule has 3 aromatic carbocycles. The average Bonchev–Trinajstić information content (AvgIpc) is 3.37. The van der Waals surface area contributed by atoms with E-state index in [1.54, 1.807) is 28.8 Å². The highest BCUT2D eigenvalue weighted by Crippen LogP contribution is 2.51. The number of aliphatic imine (C=N–C) groups is 1. The molecule has 166 valence electrons. The maximum absolute atomic E-state index is 13.8. The number of carbonyl (C=O) groups excluding carboxylic acids is 1. The first-order chi connectivity index (χ1) is 16.1. The van der Waals surface area contributed by atoms with Crippen LogP contribution < -0.4 is 9.80 Å². The van der Waals surface area contributed by atoms with Crippen LogP contribution in [-0.2, 0) is 4.79 Å². The summed E-state index contributed by atoms with van der Waals surface area (Å²) in [5.41, 5.74) is 2.78. The molecule has 0 unspecified atom stereocenters. The minimum Gasteiger partial charge on any atom is -0.334 e. The van der Waals surface area contributed by atoms with Crippen LogP contribution in [0.5, 0.6) is 0 Å². The second-order valence-corrected chi connectivity index (χ2v) is 9.67. The molecule has 2 aliphatic heterocycles. The molecule has 0 saturated carbocycles. The quantitative estimate of drug-likeness (QED) is 0.388. The van der Waals surface area contributed by atoms with Gasteiger partial charge >= 0.3 is 0 Å². The lowest BCUT2D eigenvalue weighted by atomic mass is 10.1. The van der Waals surface area contributed by atoms with Crippen molar-refractivity contribution in [2.75, 3.05) is 16.3 Å². The molecular formula is C26H22FN3OS2. The fraction of sp³-hybridized carbons (Fsp3) is 0.154. The molecule has 0 aromatic heterocycles. The van der Waals surface area contributed by atoms with E-state index in [1.165, 1.54) is 23.9 Å². The smallest absolute Gasteiger partial charge is 0.274 e. The maximum atomic E-state index is 13.8. The molecule has 2 aliphatic rings. The van der Waals surface area contributed by atoms with Crippen LogP contribution in [0, 0.1) is 5.82 Å². The molecular weight excluding hydrogens is 453 g/mol. The molecule has 1 atom stereocenters. The summed E-state index contributed by atoms with van der Waals surface area (Å²) in [5.74, 6) is -0.480. The number of halogens is 1. The molecule has 1 fully saturated rings. The molecule has 0 bridgehead atoms. The summed E-state index contributed by atoms with van der Waals surface area (Å²) in [4.78, 5) is 24.2. The van der Waals surface area contributed by atoms with Crippen LogP contribution in [0.15, 0.2) is 98.7 Å². The van der Waals surface area contributed by atoms with Gasteiger partial charge in [0.15, 0.2) is 5.17 Å². The van der Waals surface area contributed by atoms with Crippen LogP contribution >= 0.6 is 23.5 Å². The zero-order valence-electron chi connectivity index (χ0n) is 18.2. The van der Waals surface area contributed by atoms with Gasteiger partial charge in [-0.05, 0) is 67.6 Å². The van der Waals surface area contributed by atoms with Gasteiger partial charge in [0, 0.05) is 11.4 Å². The Morgan fingerprint density at radius 3 is 2.36 bits per heavy atom. The Hall–Kier alpha value is -3.03. The van der Waals surface area contributed by atoms with Gasteiger partial charge in [0.05, 0.1) is 17.4 Å². The van der Waals surface area contributed by atoms with E-state index in [1.807, 2.05) is 49.4 Å².